The van der Waals surface area contributed by atoms with Gasteiger partial charge in [-0.2, -0.15) is 13.2 Å². The number of aromatic nitrogens is 1. The van der Waals surface area contributed by atoms with Gasteiger partial charge >= 0.3 is 6.18 Å². The Bertz CT molecular complexity index is 546. The minimum Gasteiger partial charge on any atom is -0.439 e. The maximum Gasteiger partial charge on any atom is 0.416 e. The molecule has 3 nitrogen and oxygen atoms in total. The van der Waals surface area contributed by atoms with Crippen molar-refractivity contribution in [3.05, 3.63) is 41.9 Å². The van der Waals surface area contributed by atoms with E-state index in [1.54, 1.807) is 0 Å². The zero-order chi connectivity index (χ0) is 14.6. The van der Waals surface area contributed by atoms with Crippen molar-refractivity contribution >= 4 is 0 Å². The van der Waals surface area contributed by atoms with E-state index >= 15 is 0 Å². The fourth-order valence-corrected chi connectivity index (χ4v) is 1.72. The number of halogens is 3. The van der Waals surface area contributed by atoms with E-state index in [1.807, 2.05) is 0 Å². The topological polar surface area (TPSA) is 38.1 Å². The molecule has 2 rings (SSSR count). The molecule has 0 aliphatic carbocycles. The Morgan fingerprint density at radius 2 is 1.90 bits per heavy atom. The average Bonchev–Trinajstić information content (AvgIpc) is 2.87. The third kappa shape index (κ3) is 3.60. The number of benzene rings is 1. The predicted molar refractivity (Wildman–Crippen MR) is 68.9 cm³/mol. The van der Waals surface area contributed by atoms with Crippen LogP contribution < -0.4 is 5.32 Å². The molecule has 0 bridgehead atoms. The van der Waals surface area contributed by atoms with Gasteiger partial charge in [0.25, 0.3) is 0 Å². The highest BCUT2D eigenvalue weighted by Crippen LogP contribution is 2.31. The van der Waals surface area contributed by atoms with E-state index in [-0.39, 0.29) is 0 Å². The molecule has 0 saturated heterocycles. The number of hydrogen-bond acceptors (Lipinski definition) is 3. The summed E-state index contributed by atoms with van der Waals surface area (Å²) in [5.41, 5.74) is -0.0992. The van der Waals surface area contributed by atoms with Crippen molar-refractivity contribution in [3.63, 3.8) is 0 Å². The molecule has 6 heteroatoms. The SMILES string of the molecule is CCCNCc1ncc(-c2ccc(C(F)(F)F)cc2)o1. The number of hydrogen-bond donors (Lipinski definition) is 1. The van der Waals surface area contributed by atoms with Crippen LogP contribution in [-0.4, -0.2) is 11.5 Å². The summed E-state index contributed by atoms with van der Waals surface area (Å²) in [5.74, 6) is 0.986. The third-order valence-electron chi connectivity index (χ3n) is 2.75. The zero-order valence-corrected chi connectivity index (χ0v) is 11.0. The molecule has 1 N–H and O–H groups in total. The van der Waals surface area contributed by atoms with Crippen LogP contribution in [0.4, 0.5) is 13.2 Å². The number of oxazole rings is 1. The van der Waals surface area contributed by atoms with Gasteiger partial charge in [-0.25, -0.2) is 4.98 Å². The number of nitrogens with one attached hydrogen (secondary N) is 1. The largest absolute Gasteiger partial charge is 0.439 e. The summed E-state index contributed by atoms with van der Waals surface area (Å²) in [5, 5.41) is 3.14. The molecule has 108 valence electrons. The van der Waals surface area contributed by atoms with Crippen LogP contribution in [0.1, 0.15) is 24.8 Å². The maximum atomic E-state index is 12.5. The smallest absolute Gasteiger partial charge is 0.416 e. The highest BCUT2D eigenvalue weighted by atomic mass is 19.4. The van der Waals surface area contributed by atoms with Crippen LogP contribution in [0.2, 0.25) is 0 Å². The first kappa shape index (κ1) is 14.6. The van der Waals surface area contributed by atoms with Crippen molar-refractivity contribution in [2.24, 2.45) is 0 Å². The van der Waals surface area contributed by atoms with Gasteiger partial charge in [0.05, 0.1) is 18.3 Å². The summed E-state index contributed by atoms with van der Waals surface area (Å²) < 4.78 is 42.9. The Morgan fingerprint density at radius 3 is 2.50 bits per heavy atom. The number of nitrogens with zero attached hydrogens (tertiary/aromatic N) is 1. The molecule has 0 atom stereocenters. The lowest BCUT2D eigenvalue weighted by Crippen LogP contribution is -2.13. The van der Waals surface area contributed by atoms with E-state index in [0.29, 0.717) is 23.8 Å². The summed E-state index contributed by atoms with van der Waals surface area (Å²) in [6.45, 7) is 3.42. The van der Waals surface area contributed by atoms with Gasteiger partial charge in [-0.3, -0.25) is 0 Å². The molecule has 1 aromatic carbocycles. The maximum absolute atomic E-state index is 12.5. The second kappa shape index (κ2) is 6.09. The standard InChI is InChI=1S/C14H15F3N2O/c1-2-7-18-9-13-19-8-12(20-13)10-3-5-11(6-4-10)14(15,16)17/h3-6,8,18H,2,7,9H2,1H3. The summed E-state index contributed by atoms with van der Waals surface area (Å²) >= 11 is 0. The van der Waals surface area contributed by atoms with Gasteiger partial charge in [0, 0.05) is 5.56 Å². The molecule has 2 aromatic rings. The highest BCUT2D eigenvalue weighted by Gasteiger charge is 2.30. The van der Waals surface area contributed by atoms with Gasteiger partial charge in [0.1, 0.15) is 0 Å². The monoisotopic (exact) mass is 284 g/mol. The molecular formula is C14H15F3N2O. The summed E-state index contributed by atoms with van der Waals surface area (Å²) in [7, 11) is 0. The van der Waals surface area contributed by atoms with Crippen LogP contribution in [0.25, 0.3) is 11.3 Å². The fraction of sp³-hybridized carbons (Fsp3) is 0.357. The van der Waals surface area contributed by atoms with Crippen LogP contribution in [0, 0.1) is 0 Å². The van der Waals surface area contributed by atoms with Crippen molar-refractivity contribution < 1.29 is 17.6 Å². The first-order chi connectivity index (χ1) is 9.50. The minimum atomic E-state index is -4.32. The molecule has 20 heavy (non-hydrogen) atoms. The second-order valence-electron chi connectivity index (χ2n) is 4.37. The van der Waals surface area contributed by atoms with Crippen molar-refractivity contribution in [2.45, 2.75) is 26.1 Å². The van der Waals surface area contributed by atoms with Gasteiger partial charge in [0.15, 0.2) is 5.76 Å². The lowest BCUT2D eigenvalue weighted by Gasteiger charge is -2.06. The van der Waals surface area contributed by atoms with Gasteiger partial charge in [-0.1, -0.05) is 19.1 Å². The van der Waals surface area contributed by atoms with Crippen molar-refractivity contribution in [1.82, 2.24) is 10.3 Å². The molecule has 0 aliphatic rings. The third-order valence-corrected chi connectivity index (χ3v) is 2.75. The normalized spacial score (nSPS) is 11.8. The Morgan fingerprint density at radius 1 is 1.20 bits per heavy atom. The number of rotatable bonds is 5. The molecule has 0 spiro atoms. The predicted octanol–water partition coefficient (Wildman–Crippen LogP) is 3.86. The summed E-state index contributed by atoms with van der Waals surface area (Å²) in [4.78, 5) is 4.08. The Hall–Kier alpha value is -1.82. The van der Waals surface area contributed by atoms with Crippen molar-refractivity contribution in [1.29, 1.82) is 0 Å². The Balaban J connectivity index is 2.08. The first-order valence-corrected chi connectivity index (χ1v) is 6.33. The molecule has 0 radical (unpaired) electrons. The highest BCUT2D eigenvalue weighted by molar-refractivity contribution is 5.56. The van der Waals surface area contributed by atoms with Crippen LogP contribution in [0.5, 0.6) is 0 Å². The van der Waals surface area contributed by atoms with Gasteiger partial charge < -0.3 is 9.73 Å². The van der Waals surface area contributed by atoms with Crippen LogP contribution in [0.15, 0.2) is 34.9 Å². The Labute approximate surface area is 114 Å². The van der Waals surface area contributed by atoms with E-state index in [4.69, 9.17) is 4.42 Å². The van der Waals surface area contributed by atoms with Crippen molar-refractivity contribution in [2.75, 3.05) is 6.54 Å². The lowest BCUT2D eigenvalue weighted by atomic mass is 10.1. The van der Waals surface area contributed by atoms with E-state index < -0.39 is 11.7 Å². The van der Waals surface area contributed by atoms with Gasteiger partial charge in [-0.15, -0.1) is 0 Å². The summed E-state index contributed by atoms with van der Waals surface area (Å²) in [6, 6.07) is 4.83. The first-order valence-electron chi connectivity index (χ1n) is 6.33. The van der Waals surface area contributed by atoms with E-state index in [1.165, 1.54) is 18.3 Å². The zero-order valence-electron chi connectivity index (χ0n) is 11.0. The Kier molecular flexibility index (Phi) is 4.44. The minimum absolute atomic E-state index is 0.465. The van der Waals surface area contributed by atoms with Crippen molar-refractivity contribution in [3.8, 4) is 11.3 Å². The van der Waals surface area contributed by atoms with E-state index in [0.717, 1.165) is 25.1 Å². The fourth-order valence-electron chi connectivity index (χ4n) is 1.72. The molecule has 0 saturated carbocycles. The molecular weight excluding hydrogens is 269 g/mol. The summed E-state index contributed by atoms with van der Waals surface area (Å²) in [6.07, 6.45) is -1.80. The molecule has 0 amide bonds. The second-order valence-corrected chi connectivity index (χ2v) is 4.37. The van der Waals surface area contributed by atoms with Gasteiger partial charge in [0.2, 0.25) is 5.89 Å². The van der Waals surface area contributed by atoms with Gasteiger partial charge in [-0.05, 0) is 25.1 Å². The molecule has 1 heterocycles. The molecule has 0 unspecified atom stereocenters. The molecule has 1 aromatic heterocycles. The average molecular weight is 284 g/mol. The van der Waals surface area contributed by atoms with E-state index in [9.17, 15) is 13.2 Å². The lowest BCUT2D eigenvalue weighted by molar-refractivity contribution is -0.137. The van der Waals surface area contributed by atoms with Crippen LogP contribution in [0.3, 0.4) is 0 Å². The van der Waals surface area contributed by atoms with Crippen LogP contribution in [-0.2, 0) is 12.7 Å². The van der Waals surface area contributed by atoms with Crippen LogP contribution >= 0.6 is 0 Å². The number of alkyl halides is 3. The molecule has 0 fully saturated rings. The molecule has 0 aliphatic heterocycles. The quantitative estimate of drug-likeness (QED) is 0.847. The van der Waals surface area contributed by atoms with E-state index in [2.05, 4.69) is 17.2 Å².